The Kier molecular flexibility index (Phi) is 14.0. The summed E-state index contributed by atoms with van der Waals surface area (Å²) in [4.78, 5) is 2.41. The Morgan fingerprint density at radius 1 is 0.725 bits per heavy atom. The van der Waals surface area contributed by atoms with Gasteiger partial charge in [-0.15, -0.1) is 22.7 Å². The molecule has 3 aromatic heterocycles. The number of aromatic nitrogens is 2. The van der Waals surface area contributed by atoms with E-state index in [9.17, 15) is 0 Å². The Balaban J connectivity index is 1.39. The first-order valence-corrected chi connectivity index (χ1v) is 18.6. The van der Waals surface area contributed by atoms with E-state index in [1.54, 1.807) is 11.3 Å². The average molecular weight is 615 g/mol. The molecule has 6 heteroatoms. The van der Waals surface area contributed by atoms with Crippen molar-refractivity contribution in [3.05, 3.63) is 45.6 Å². The van der Waals surface area contributed by atoms with E-state index in [2.05, 4.69) is 53.2 Å². The van der Waals surface area contributed by atoms with Gasteiger partial charge >= 0.3 is 0 Å². The van der Waals surface area contributed by atoms with Gasteiger partial charge in [0.2, 0.25) is 0 Å². The minimum absolute atomic E-state index is 0.777. The molecule has 218 valence electrons. The maximum atomic E-state index is 6.94. The predicted molar refractivity (Wildman–Crippen MR) is 181 cm³/mol. The third-order valence-electron chi connectivity index (χ3n) is 8.13. The Hall–Kier alpha value is -1.27. The van der Waals surface area contributed by atoms with Gasteiger partial charge in [0.1, 0.15) is 11.0 Å². The first-order chi connectivity index (χ1) is 19.7. The van der Waals surface area contributed by atoms with Gasteiger partial charge in [0, 0.05) is 20.9 Å². The molecule has 0 aliphatic rings. The van der Waals surface area contributed by atoms with Crippen LogP contribution in [0.15, 0.2) is 35.0 Å². The van der Waals surface area contributed by atoms with Gasteiger partial charge in [-0.05, 0) is 46.9 Å². The maximum absolute atomic E-state index is 6.94. The lowest BCUT2D eigenvalue weighted by atomic mass is 9.89. The molecular formula is C34H47ClN2S3. The zero-order chi connectivity index (χ0) is 28.0. The van der Waals surface area contributed by atoms with Crippen molar-refractivity contribution in [3.63, 3.8) is 0 Å². The van der Waals surface area contributed by atoms with Crippen molar-refractivity contribution in [3.8, 4) is 20.9 Å². The summed E-state index contributed by atoms with van der Waals surface area (Å²) in [5.41, 5.74) is 5.52. The molecule has 0 saturated carbocycles. The van der Waals surface area contributed by atoms with E-state index in [4.69, 9.17) is 16.0 Å². The maximum Gasteiger partial charge on any atom is 0.115 e. The van der Waals surface area contributed by atoms with Gasteiger partial charge in [0.25, 0.3) is 0 Å². The van der Waals surface area contributed by atoms with Crippen LogP contribution in [0.4, 0.5) is 0 Å². The van der Waals surface area contributed by atoms with Gasteiger partial charge in [-0.1, -0.05) is 134 Å². The molecule has 0 N–H and O–H groups in total. The van der Waals surface area contributed by atoms with Crippen LogP contribution in [0.25, 0.3) is 31.9 Å². The predicted octanol–water partition coefficient (Wildman–Crippen LogP) is 13.2. The summed E-state index contributed by atoms with van der Waals surface area (Å²) in [7, 11) is 0. The van der Waals surface area contributed by atoms with E-state index in [-0.39, 0.29) is 0 Å². The average Bonchev–Trinajstić information content (AvgIpc) is 3.74. The van der Waals surface area contributed by atoms with Crippen molar-refractivity contribution in [2.45, 2.75) is 123 Å². The molecule has 1 atom stereocenters. The third kappa shape index (κ3) is 9.37. The first-order valence-electron chi connectivity index (χ1n) is 15.8. The normalized spacial score (nSPS) is 12.5. The number of rotatable bonds is 20. The number of hydrogen-bond acceptors (Lipinski definition) is 5. The van der Waals surface area contributed by atoms with E-state index in [1.165, 1.54) is 136 Å². The summed E-state index contributed by atoms with van der Waals surface area (Å²) in [6.07, 6.45) is 23.4. The summed E-state index contributed by atoms with van der Waals surface area (Å²) in [5.74, 6) is 0.784. The number of benzene rings is 1. The van der Waals surface area contributed by atoms with Crippen molar-refractivity contribution in [1.82, 2.24) is 8.75 Å². The van der Waals surface area contributed by atoms with Crippen LogP contribution in [0, 0.1) is 5.92 Å². The fourth-order valence-corrected chi connectivity index (χ4v) is 8.49. The quantitative estimate of drug-likeness (QED) is 0.0925. The largest absolute Gasteiger partial charge is 0.172 e. The molecule has 0 aliphatic heterocycles. The summed E-state index contributed by atoms with van der Waals surface area (Å²) in [6, 6.07) is 8.69. The topological polar surface area (TPSA) is 25.8 Å². The van der Waals surface area contributed by atoms with E-state index in [0.717, 1.165) is 33.1 Å². The molecule has 4 aromatic rings. The summed E-state index contributed by atoms with van der Waals surface area (Å²) in [6.45, 7) is 4.60. The van der Waals surface area contributed by atoms with Crippen LogP contribution >= 0.6 is 46.0 Å². The van der Waals surface area contributed by atoms with Gasteiger partial charge < -0.3 is 0 Å². The number of unbranched alkanes of at least 4 members (excludes halogenated alkanes) is 12. The second kappa shape index (κ2) is 17.6. The highest BCUT2D eigenvalue weighted by atomic mass is 35.5. The lowest BCUT2D eigenvalue weighted by Gasteiger charge is -2.16. The van der Waals surface area contributed by atoms with E-state index >= 15 is 0 Å². The van der Waals surface area contributed by atoms with Gasteiger partial charge in [-0.25, -0.2) is 0 Å². The second-order valence-electron chi connectivity index (χ2n) is 11.4. The minimum Gasteiger partial charge on any atom is -0.172 e. The van der Waals surface area contributed by atoms with Crippen molar-refractivity contribution >= 4 is 57.0 Å². The zero-order valence-electron chi connectivity index (χ0n) is 24.6. The molecule has 4 rings (SSSR count). The number of nitrogens with zero attached hydrogens (tertiary/aromatic N) is 2. The number of halogens is 1. The molecule has 1 unspecified atom stereocenters. The van der Waals surface area contributed by atoms with Crippen LogP contribution in [-0.4, -0.2) is 8.75 Å². The highest BCUT2D eigenvalue weighted by Gasteiger charge is 2.20. The fraction of sp³-hybridized carbons (Fsp3) is 0.588. The number of fused-ring (bicyclic) bond motifs is 1. The van der Waals surface area contributed by atoms with Crippen molar-refractivity contribution < 1.29 is 0 Å². The van der Waals surface area contributed by atoms with Crippen LogP contribution in [-0.2, 0) is 6.42 Å². The minimum atomic E-state index is 0.777. The molecular weight excluding hydrogens is 568 g/mol. The number of thiophene rings is 2. The molecule has 0 spiro atoms. The Morgan fingerprint density at radius 2 is 1.35 bits per heavy atom. The molecule has 0 bridgehead atoms. The van der Waals surface area contributed by atoms with E-state index in [0.29, 0.717) is 0 Å². The van der Waals surface area contributed by atoms with Gasteiger partial charge in [-0.3, -0.25) is 0 Å². The summed E-state index contributed by atoms with van der Waals surface area (Å²) < 4.78 is 9.38. The smallest absolute Gasteiger partial charge is 0.115 e. The van der Waals surface area contributed by atoms with E-state index < -0.39 is 0 Å². The van der Waals surface area contributed by atoms with Crippen LogP contribution in [0.1, 0.15) is 122 Å². The second-order valence-corrected chi connectivity index (χ2v) is 14.2. The molecule has 0 aliphatic carbocycles. The van der Waals surface area contributed by atoms with Crippen molar-refractivity contribution in [2.75, 3.05) is 0 Å². The lowest BCUT2D eigenvalue weighted by Crippen LogP contribution is -2.05. The monoisotopic (exact) mass is 614 g/mol. The van der Waals surface area contributed by atoms with Crippen LogP contribution < -0.4 is 0 Å². The Labute approximate surface area is 259 Å². The SMILES string of the molecule is CCCCCCCCCCC(CCCCCCCC)Cc1csc(-c2c(Cl)cc(-c3cccs3)c3nsnc23)c1. The highest BCUT2D eigenvalue weighted by Crippen LogP contribution is 2.43. The van der Waals surface area contributed by atoms with Crippen LogP contribution in [0.3, 0.4) is 0 Å². The van der Waals surface area contributed by atoms with Gasteiger partial charge in [-0.2, -0.15) is 8.75 Å². The molecule has 3 heterocycles. The molecule has 40 heavy (non-hydrogen) atoms. The van der Waals surface area contributed by atoms with E-state index in [1.807, 2.05) is 11.3 Å². The zero-order valence-corrected chi connectivity index (χ0v) is 27.8. The summed E-state index contributed by atoms with van der Waals surface area (Å²) >= 11 is 11.8. The first kappa shape index (κ1) is 31.7. The molecule has 0 radical (unpaired) electrons. The molecule has 0 saturated heterocycles. The van der Waals surface area contributed by atoms with Crippen LogP contribution in [0.2, 0.25) is 5.02 Å². The molecule has 0 amide bonds. The lowest BCUT2D eigenvalue weighted by molar-refractivity contribution is 0.400. The standard InChI is InChI=1S/C34H47ClN2S3/c1-3-5-7-9-11-12-14-16-19-26(18-15-13-10-8-6-4-2)22-27-23-31(39-25-27)32-29(35)24-28(30-20-17-21-38-30)33-34(32)37-40-36-33/h17,20-21,23-26H,3-16,18-19,22H2,1-2H3. The highest BCUT2D eigenvalue weighted by molar-refractivity contribution is 7.14. The van der Waals surface area contributed by atoms with Crippen molar-refractivity contribution in [1.29, 1.82) is 0 Å². The molecule has 1 aromatic carbocycles. The van der Waals surface area contributed by atoms with Crippen molar-refractivity contribution in [2.24, 2.45) is 5.92 Å². The molecule has 0 fully saturated rings. The van der Waals surface area contributed by atoms with Gasteiger partial charge in [0.05, 0.1) is 16.8 Å². The van der Waals surface area contributed by atoms with Crippen LogP contribution in [0.5, 0.6) is 0 Å². The summed E-state index contributed by atoms with van der Waals surface area (Å²) in [5, 5.41) is 5.25. The Bertz CT molecular complexity index is 1240. The third-order valence-corrected chi connectivity index (χ3v) is 10.9. The number of hydrogen-bond donors (Lipinski definition) is 0. The Morgan fingerprint density at radius 3 is 1.98 bits per heavy atom. The fourth-order valence-electron chi connectivity index (χ4n) is 5.84. The molecule has 2 nitrogen and oxygen atoms in total. The van der Waals surface area contributed by atoms with Gasteiger partial charge in [0.15, 0.2) is 0 Å².